The average Bonchev–Trinajstić information content (AvgIpc) is 3.35. The van der Waals surface area contributed by atoms with Gasteiger partial charge in [-0.1, -0.05) is 6.92 Å². The number of amides is 4. The van der Waals surface area contributed by atoms with Gasteiger partial charge in [0.1, 0.15) is 12.1 Å². The molecule has 7 heteroatoms. The Balaban J connectivity index is 1.35. The topological polar surface area (TPSA) is 73.0 Å². The van der Waals surface area contributed by atoms with Crippen LogP contribution >= 0.6 is 0 Å². The van der Waals surface area contributed by atoms with E-state index in [2.05, 4.69) is 17.1 Å². The Morgan fingerprint density at radius 3 is 2.50 bits per heavy atom. The van der Waals surface area contributed by atoms with E-state index in [9.17, 15) is 14.4 Å². The monoisotopic (exact) mass is 362 g/mol. The fraction of sp³-hybridized carbons (Fsp3) is 0.842. The Morgan fingerprint density at radius 1 is 1.12 bits per heavy atom. The molecule has 1 atom stereocenters. The van der Waals surface area contributed by atoms with E-state index in [0.717, 1.165) is 50.3 Å². The summed E-state index contributed by atoms with van der Waals surface area (Å²) in [7, 11) is 0. The number of carbonyl (C=O) groups excluding carboxylic acids is 3. The van der Waals surface area contributed by atoms with Gasteiger partial charge in [-0.25, -0.2) is 4.79 Å². The number of likely N-dealkylation sites (tertiary alicyclic amines) is 2. The van der Waals surface area contributed by atoms with E-state index in [0.29, 0.717) is 24.8 Å². The fourth-order valence-corrected chi connectivity index (χ4v) is 5.02. The lowest BCUT2D eigenvalue weighted by atomic mass is 9.77. The molecule has 4 aliphatic rings. The van der Waals surface area contributed by atoms with Crippen molar-refractivity contribution < 1.29 is 14.4 Å². The Morgan fingerprint density at radius 2 is 1.81 bits per heavy atom. The maximum atomic E-state index is 12.9. The van der Waals surface area contributed by atoms with Crippen molar-refractivity contribution in [3.63, 3.8) is 0 Å². The van der Waals surface area contributed by atoms with Gasteiger partial charge in [-0.3, -0.25) is 19.4 Å². The Kier molecular flexibility index (Phi) is 4.67. The van der Waals surface area contributed by atoms with Gasteiger partial charge in [0.05, 0.1) is 0 Å². The first-order valence-corrected chi connectivity index (χ1v) is 10.1. The molecule has 26 heavy (non-hydrogen) atoms. The second-order valence-electron chi connectivity index (χ2n) is 8.61. The molecule has 4 amide bonds. The summed E-state index contributed by atoms with van der Waals surface area (Å²) < 4.78 is 0. The highest BCUT2D eigenvalue weighted by Gasteiger charge is 2.52. The average molecular weight is 362 g/mol. The third-order valence-electron chi connectivity index (χ3n) is 6.84. The van der Waals surface area contributed by atoms with Crippen molar-refractivity contribution in [2.45, 2.75) is 63.5 Å². The molecule has 3 heterocycles. The van der Waals surface area contributed by atoms with Crippen molar-refractivity contribution in [1.29, 1.82) is 0 Å². The van der Waals surface area contributed by atoms with E-state index in [-0.39, 0.29) is 18.4 Å². The summed E-state index contributed by atoms with van der Waals surface area (Å²) in [5.41, 5.74) is -0.757. The maximum absolute atomic E-state index is 12.9. The molecule has 1 N–H and O–H groups in total. The van der Waals surface area contributed by atoms with Gasteiger partial charge in [0, 0.05) is 19.1 Å². The van der Waals surface area contributed by atoms with Crippen LogP contribution in [0, 0.1) is 5.92 Å². The minimum absolute atomic E-state index is 0.101. The molecule has 3 saturated heterocycles. The second-order valence-corrected chi connectivity index (χ2v) is 8.61. The molecule has 1 aliphatic carbocycles. The zero-order chi connectivity index (χ0) is 18.3. The van der Waals surface area contributed by atoms with Crippen LogP contribution in [0.15, 0.2) is 0 Å². The summed E-state index contributed by atoms with van der Waals surface area (Å²) >= 11 is 0. The van der Waals surface area contributed by atoms with Crippen LogP contribution in [0.3, 0.4) is 0 Å². The van der Waals surface area contributed by atoms with Crippen LogP contribution in [0.5, 0.6) is 0 Å². The molecular weight excluding hydrogens is 332 g/mol. The smallest absolute Gasteiger partial charge is 0.325 e. The van der Waals surface area contributed by atoms with E-state index in [1.54, 1.807) is 0 Å². The molecule has 1 saturated carbocycles. The van der Waals surface area contributed by atoms with Gasteiger partial charge in [-0.05, 0) is 64.0 Å². The van der Waals surface area contributed by atoms with Gasteiger partial charge in [0.15, 0.2) is 0 Å². The predicted octanol–water partition coefficient (Wildman–Crippen LogP) is 1.18. The van der Waals surface area contributed by atoms with Gasteiger partial charge in [-0.15, -0.1) is 0 Å². The van der Waals surface area contributed by atoms with E-state index in [1.807, 2.05) is 4.90 Å². The number of imide groups is 1. The van der Waals surface area contributed by atoms with Crippen LogP contribution < -0.4 is 5.32 Å². The number of nitrogens with zero attached hydrogens (tertiary/aromatic N) is 3. The number of carbonyl (C=O) groups is 3. The van der Waals surface area contributed by atoms with E-state index >= 15 is 0 Å². The van der Waals surface area contributed by atoms with E-state index in [1.165, 1.54) is 12.8 Å². The van der Waals surface area contributed by atoms with Crippen molar-refractivity contribution in [3.8, 4) is 0 Å². The molecule has 144 valence electrons. The molecule has 0 radical (unpaired) electrons. The van der Waals surface area contributed by atoms with E-state index < -0.39 is 11.6 Å². The molecule has 4 fully saturated rings. The maximum Gasteiger partial charge on any atom is 0.325 e. The Hall–Kier alpha value is -1.63. The van der Waals surface area contributed by atoms with Crippen molar-refractivity contribution in [1.82, 2.24) is 20.0 Å². The van der Waals surface area contributed by atoms with Crippen LogP contribution in [0.1, 0.15) is 51.9 Å². The number of hydrogen-bond acceptors (Lipinski definition) is 4. The molecule has 1 spiro atoms. The van der Waals surface area contributed by atoms with Crippen LogP contribution in [0.25, 0.3) is 0 Å². The lowest BCUT2D eigenvalue weighted by Gasteiger charge is -2.33. The predicted molar refractivity (Wildman–Crippen MR) is 96.4 cm³/mol. The van der Waals surface area contributed by atoms with Gasteiger partial charge < -0.3 is 10.2 Å². The first-order chi connectivity index (χ1) is 12.5. The summed E-state index contributed by atoms with van der Waals surface area (Å²) in [4.78, 5) is 43.4. The summed E-state index contributed by atoms with van der Waals surface area (Å²) in [6.45, 7) is 5.77. The molecule has 3 aliphatic heterocycles. The highest BCUT2D eigenvalue weighted by molar-refractivity contribution is 6.09. The fourth-order valence-electron chi connectivity index (χ4n) is 5.02. The second kappa shape index (κ2) is 6.83. The van der Waals surface area contributed by atoms with Gasteiger partial charge in [-0.2, -0.15) is 0 Å². The molecule has 0 bridgehead atoms. The summed E-state index contributed by atoms with van der Waals surface area (Å²) in [6, 6.07) is 0.0453. The molecule has 4 rings (SSSR count). The first kappa shape index (κ1) is 17.8. The number of nitrogens with one attached hydrogen (secondary N) is 1. The zero-order valence-corrected chi connectivity index (χ0v) is 15.7. The quantitative estimate of drug-likeness (QED) is 0.766. The Labute approximate surface area is 155 Å². The molecule has 1 unspecified atom stereocenters. The van der Waals surface area contributed by atoms with Gasteiger partial charge in [0.25, 0.3) is 5.91 Å². The Bertz CT molecular complexity index is 594. The van der Waals surface area contributed by atoms with Crippen LogP contribution in [0.4, 0.5) is 4.79 Å². The first-order valence-electron chi connectivity index (χ1n) is 10.1. The highest BCUT2D eigenvalue weighted by Crippen LogP contribution is 2.36. The van der Waals surface area contributed by atoms with E-state index in [4.69, 9.17) is 0 Å². The lowest BCUT2D eigenvalue weighted by Crippen LogP contribution is -2.50. The van der Waals surface area contributed by atoms with Crippen molar-refractivity contribution in [3.05, 3.63) is 0 Å². The molecule has 0 aromatic rings. The lowest BCUT2D eigenvalue weighted by molar-refractivity contribution is -0.139. The normalized spacial score (nSPS) is 35.6. The third kappa shape index (κ3) is 3.10. The zero-order valence-electron chi connectivity index (χ0n) is 15.7. The molecule has 0 aromatic carbocycles. The molecule has 7 nitrogen and oxygen atoms in total. The number of hydrogen-bond donors (Lipinski definition) is 1. The van der Waals surface area contributed by atoms with Gasteiger partial charge in [0.2, 0.25) is 5.91 Å². The van der Waals surface area contributed by atoms with Crippen LogP contribution in [-0.4, -0.2) is 76.8 Å². The summed E-state index contributed by atoms with van der Waals surface area (Å²) in [6.07, 6.45) is 6.73. The van der Waals surface area contributed by atoms with Crippen molar-refractivity contribution in [2.24, 2.45) is 5.92 Å². The van der Waals surface area contributed by atoms with Crippen molar-refractivity contribution >= 4 is 17.8 Å². The summed E-state index contributed by atoms with van der Waals surface area (Å²) in [5.74, 6) is 0.294. The molecular formula is C19H30N4O3. The van der Waals surface area contributed by atoms with Crippen LogP contribution in [0.2, 0.25) is 0 Å². The molecule has 0 aromatic heterocycles. The standard InChI is InChI=1S/C19H30N4O3/c1-14-4-7-19(8-5-14)17(25)23(18(26)20-19)13-16(24)22-11-6-15(12-22)21-9-2-3-10-21/h14-15H,2-13H2,1H3,(H,20,26). The largest absolute Gasteiger partial charge is 0.340 e. The SMILES string of the molecule is CC1CCC2(CC1)NC(=O)N(CC(=O)N1CCC(N3CCCC3)C1)C2=O. The number of urea groups is 1. The number of rotatable bonds is 3. The van der Waals surface area contributed by atoms with Crippen molar-refractivity contribution in [2.75, 3.05) is 32.7 Å². The summed E-state index contributed by atoms with van der Waals surface area (Å²) in [5, 5.41) is 2.90. The minimum atomic E-state index is -0.757. The van der Waals surface area contributed by atoms with Gasteiger partial charge >= 0.3 is 6.03 Å². The highest BCUT2D eigenvalue weighted by atomic mass is 16.2. The van der Waals surface area contributed by atoms with Crippen LogP contribution in [-0.2, 0) is 9.59 Å². The third-order valence-corrected chi connectivity index (χ3v) is 6.84. The minimum Gasteiger partial charge on any atom is -0.340 e.